The highest BCUT2D eigenvalue weighted by molar-refractivity contribution is 5.69. The van der Waals surface area contributed by atoms with Crippen LogP contribution in [0, 0.1) is 0 Å². The number of ether oxygens (including phenoxy) is 2. The molecule has 0 spiro atoms. The maximum atomic E-state index is 11.1. The van der Waals surface area contributed by atoms with Gasteiger partial charge in [0.05, 0.1) is 19.3 Å². The monoisotopic (exact) mass is 284 g/mol. The van der Waals surface area contributed by atoms with Crippen LogP contribution in [0.25, 0.3) is 0 Å². The summed E-state index contributed by atoms with van der Waals surface area (Å²) in [6.07, 6.45) is 15.4. The Balaban J connectivity index is 1.66. The lowest BCUT2D eigenvalue weighted by molar-refractivity contribution is -0.143. The molecular weight excluding hydrogens is 252 g/mol. The second-order valence-corrected chi connectivity index (χ2v) is 5.83. The van der Waals surface area contributed by atoms with Gasteiger partial charge in [-0.05, 0) is 19.8 Å². The van der Waals surface area contributed by atoms with Crippen molar-refractivity contribution in [1.29, 1.82) is 0 Å². The summed E-state index contributed by atoms with van der Waals surface area (Å²) < 4.78 is 10.1. The minimum atomic E-state index is -0.0379. The number of carbonyl (C=O) groups excluding carboxylic acids is 1. The van der Waals surface area contributed by atoms with E-state index in [9.17, 15) is 4.79 Å². The van der Waals surface area contributed by atoms with Crippen LogP contribution in [0.5, 0.6) is 0 Å². The molecule has 3 heteroatoms. The van der Waals surface area contributed by atoms with Crippen molar-refractivity contribution in [3.05, 3.63) is 0 Å². The van der Waals surface area contributed by atoms with Gasteiger partial charge < -0.3 is 9.47 Å². The van der Waals surface area contributed by atoms with Crippen molar-refractivity contribution >= 4 is 5.97 Å². The molecule has 1 heterocycles. The van der Waals surface area contributed by atoms with E-state index in [-0.39, 0.29) is 5.97 Å². The zero-order valence-corrected chi connectivity index (χ0v) is 13.2. The van der Waals surface area contributed by atoms with Gasteiger partial charge in [-0.15, -0.1) is 0 Å². The summed E-state index contributed by atoms with van der Waals surface area (Å²) in [6.45, 7) is 3.38. The summed E-state index contributed by atoms with van der Waals surface area (Å²) in [6, 6.07) is 0. The number of carbonyl (C=O) groups is 1. The maximum Gasteiger partial charge on any atom is 0.305 e. The average molecular weight is 284 g/mol. The molecule has 0 amide bonds. The Bertz CT molecular complexity index is 236. The van der Waals surface area contributed by atoms with Crippen LogP contribution in [0.3, 0.4) is 0 Å². The molecule has 0 aromatic rings. The van der Waals surface area contributed by atoms with Gasteiger partial charge in [-0.2, -0.15) is 0 Å². The Kier molecular flexibility index (Phi) is 10.7. The first-order valence-corrected chi connectivity index (χ1v) is 8.60. The fourth-order valence-corrected chi connectivity index (χ4v) is 2.52. The van der Waals surface area contributed by atoms with Crippen molar-refractivity contribution < 1.29 is 14.3 Å². The third-order valence-corrected chi connectivity index (χ3v) is 3.86. The molecule has 0 radical (unpaired) electrons. The molecule has 0 saturated carbocycles. The third-order valence-electron chi connectivity index (χ3n) is 3.86. The molecule has 1 aliphatic rings. The van der Waals surface area contributed by atoms with Gasteiger partial charge in [0.2, 0.25) is 0 Å². The van der Waals surface area contributed by atoms with E-state index in [0.717, 1.165) is 13.0 Å². The number of rotatable bonds is 14. The maximum absolute atomic E-state index is 11.1. The fourth-order valence-electron chi connectivity index (χ4n) is 2.52. The van der Waals surface area contributed by atoms with Crippen molar-refractivity contribution in [1.82, 2.24) is 0 Å². The molecular formula is C17H32O3. The number of hydrogen-bond acceptors (Lipinski definition) is 3. The Hall–Kier alpha value is -0.570. The average Bonchev–Trinajstić information content (AvgIpc) is 3.24. The lowest BCUT2D eigenvalue weighted by atomic mass is 10.0. The largest absolute Gasteiger partial charge is 0.466 e. The third kappa shape index (κ3) is 11.3. The smallest absolute Gasteiger partial charge is 0.305 e. The first-order valence-electron chi connectivity index (χ1n) is 8.60. The van der Waals surface area contributed by atoms with E-state index in [0.29, 0.717) is 19.1 Å². The molecule has 0 N–H and O–H groups in total. The second kappa shape index (κ2) is 12.2. The zero-order chi connectivity index (χ0) is 14.5. The van der Waals surface area contributed by atoms with Gasteiger partial charge in [-0.1, -0.05) is 57.8 Å². The first kappa shape index (κ1) is 17.5. The molecule has 0 aromatic heterocycles. The van der Waals surface area contributed by atoms with Gasteiger partial charge in [0, 0.05) is 6.42 Å². The number of esters is 1. The van der Waals surface area contributed by atoms with Crippen molar-refractivity contribution in [2.24, 2.45) is 0 Å². The van der Waals surface area contributed by atoms with E-state index in [2.05, 4.69) is 0 Å². The van der Waals surface area contributed by atoms with Crippen molar-refractivity contribution in [3.8, 4) is 0 Å². The van der Waals surface area contributed by atoms with Crippen LogP contribution in [0.4, 0.5) is 0 Å². The van der Waals surface area contributed by atoms with Crippen LogP contribution in [0.1, 0.15) is 84.0 Å². The zero-order valence-electron chi connectivity index (χ0n) is 13.2. The van der Waals surface area contributed by atoms with Gasteiger partial charge in [-0.25, -0.2) is 0 Å². The summed E-state index contributed by atoms with van der Waals surface area (Å²) in [5.41, 5.74) is 0. The fraction of sp³-hybridized carbons (Fsp3) is 0.941. The van der Waals surface area contributed by atoms with Gasteiger partial charge >= 0.3 is 5.97 Å². The standard InChI is InChI=1S/C17H32O3/c1-2-19-17(18)14-12-10-8-6-4-3-5-7-9-11-13-16-15-20-16/h16H,2-15H2,1H3. The van der Waals surface area contributed by atoms with Crippen molar-refractivity contribution in [2.75, 3.05) is 13.2 Å². The summed E-state index contributed by atoms with van der Waals surface area (Å²) in [7, 11) is 0. The summed E-state index contributed by atoms with van der Waals surface area (Å²) in [4.78, 5) is 11.1. The Labute approximate surface area is 124 Å². The Morgan fingerprint density at radius 2 is 1.45 bits per heavy atom. The Morgan fingerprint density at radius 1 is 0.950 bits per heavy atom. The van der Waals surface area contributed by atoms with E-state index in [1.807, 2.05) is 6.92 Å². The summed E-state index contributed by atoms with van der Waals surface area (Å²) >= 11 is 0. The molecule has 1 aliphatic heterocycles. The highest BCUT2D eigenvalue weighted by Gasteiger charge is 2.20. The first-order chi connectivity index (χ1) is 9.83. The number of hydrogen-bond donors (Lipinski definition) is 0. The second-order valence-electron chi connectivity index (χ2n) is 5.83. The predicted octanol–water partition coefficient (Wildman–Crippen LogP) is 4.63. The molecule has 118 valence electrons. The molecule has 1 unspecified atom stereocenters. The highest BCUT2D eigenvalue weighted by atomic mass is 16.6. The van der Waals surface area contributed by atoms with E-state index in [1.165, 1.54) is 64.2 Å². The highest BCUT2D eigenvalue weighted by Crippen LogP contribution is 2.18. The molecule has 3 nitrogen and oxygen atoms in total. The van der Waals surface area contributed by atoms with E-state index >= 15 is 0 Å². The van der Waals surface area contributed by atoms with Crippen LogP contribution >= 0.6 is 0 Å². The minimum absolute atomic E-state index is 0.0379. The van der Waals surface area contributed by atoms with E-state index in [4.69, 9.17) is 9.47 Å². The molecule has 20 heavy (non-hydrogen) atoms. The molecule has 0 aliphatic carbocycles. The summed E-state index contributed by atoms with van der Waals surface area (Å²) in [5.74, 6) is -0.0379. The molecule has 0 aromatic carbocycles. The number of unbranched alkanes of at least 4 members (excludes halogenated alkanes) is 9. The van der Waals surface area contributed by atoms with Crippen molar-refractivity contribution in [2.45, 2.75) is 90.1 Å². The topological polar surface area (TPSA) is 38.8 Å². The molecule has 1 rings (SSSR count). The SMILES string of the molecule is CCOC(=O)CCCCCCCCCCCCC1CO1. The minimum Gasteiger partial charge on any atom is -0.466 e. The molecule has 1 fully saturated rings. The van der Waals surface area contributed by atoms with Crippen molar-refractivity contribution in [3.63, 3.8) is 0 Å². The van der Waals surface area contributed by atoms with Crippen LogP contribution in [0.2, 0.25) is 0 Å². The van der Waals surface area contributed by atoms with E-state index in [1.54, 1.807) is 0 Å². The molecule has 1 saturated heterocycles. The van der Waals surface area contributed by atoms with E-state index < -0.39 is 0 Å². The quantitative estimate of drug-likeness (QED) is 0.265. The lowest BCUT2D eigenvalue weighted by Gasteiger charge is -2.03. The molecule has 1 atom stereocenters. The van der Waals surface area contributed by atoms with Gasteiger partial charge in [-0.3, -0.25) is 4.79 Å². The molecule has 0 bridgehead atoms. The van der Waals surface area contributed by atoms with Crippen LogP contribution in [-0.4, -0.2) is 25.3 Å². The number of epoxide rings is 1. The van der Waals surface area contributed by atoms with Gasteiger partial charge in [0.1, 0.15) is 0 Å². The van der Waals surface area contributed by atoms with Crippen LogP contribution in [-0.2, 0) is 14.3 Å². The lowest BCUT2D eigenvalue weighted by Crippen LogP contribution is -2.03. The van der Waals surface area contributed by atoms with Crippen LogP contribution in [0.15, 0.2) is 0 Å². The normalized spacial score (nSPS) is 17.1. The Morgan fingerprint density at radius 3 is 1.95 bits per heavy atom. The summed E-state index contributed by atoms with van der Waals surface area (Å²) in [5, 5.41) is 0. The van der Waals surface area contributed by atoms with Gasteiger partial charge in [0.15, 0.2) is 0 Å². The predicted molar refractivity (Wildman–Crippen MR) is 81.8 cm³/mol. The van der Waals surface area contributed by atoms with Gasteiger partial charge in [0.25, 0.3) is 0 Å². The van der Waals surface area contributed by atoms with Crippen LogP contribution < -0.4 is 0 Å².